The molecule has 0 aliphatic heterocycles. The molecule has 0 saturated carbocycles. The number of hydrogen-bond acceptors (Lipinski definition) is 0. The molecule has 0 heterocycles. The van der Waals surface area contributed by atoms with Gasteiger partial charge in [-0.05, 0) is 36.5 Å². The summed E-state index contributed by atoms with van der Waals surface area (Å²) in [7, 11) is 0. The van der Waals surface area contributed by atoms with Crippen molar-refractivity contribution in [1.29, 1.82) is 0 Å². The molecule has 76 valence electrons. The molecular weight excluding hydrogens is 215 g/mol. The Morgan fingerprint density at radius 1 is 1.36 bits per heavy atom. The van der Waals surface area contributed by atoms with Gasteiger partial charge in [0.2, 0.25) is 0 Å². The first-order valence-electron chi connectivity index (χ1n) is 4.74. The second-order valence-corrected chi connectivity index (χ2v) is 4.12. The minimum absolute atomic E-state index is 0.502. The summed E-state index contributed by atoms with van der Waals surface area (Å²) in [4.78, 5) is 0. The Morgan fingerprint density at radius 3 is 2.57 bits per heavy atom. The molecule has 0 N–H and O–H groups in total. The lowest BCUT2D eigenvalue weighted by atomic mass is 9.93. The first-order valence-corrected chi connectivity index (χ1v) is 5.50. The summed E-state index contributed by atoms with van der Waals surface area (Å²) in [6, 6.07) is 5.83. The molecule has 1 aromatic carbocycles. The summed E-state index contributed by atoms with van der Waals surface area (Å²) in [5, 5.41) is 1.25. The normalized spacial score (nSPS) is 12.5. The Morgan fingerprint density at radius 2 is 2.07 bits per heavy atom. The first-order chi connectivity index (χ1) is 6.69. The van der Waals surface area contributed by atoms with Crippen LogP contribution in [0, 0.1) is 0 Å². The molecule has 0 aliphatic carbocycles. The molecule has 14 heavy (non-hydrogen) atoms. The second-order valence-electron chi connectivity index (χ2n) is 3.30. The van der Waals surface area contributed by atoms with Crippen LogP contribution < -0.4 is 0 Å². The van der Waals surface area contributed by atoms with E-state index < -0.39 is 0 Å². The van der Waals surface area contributed by atoms with Crippen molar-refractivity contribution in [3.8, 4) is 0 Å². The third-order valence-corrected chi connectivity index (χ3v) is 3.10. The fourth-order valence-corrected chi connectivity index (χ4v) is 1.81. The van der Waals surface area contributed by atoms with Gasteiger partial charge in [0.15, 0.2) is 0 Å². The molecule has 0 spiro atoms. The smallest absolute Gasteiger partial charge is 0.0595 e. The standard InChI is InChI=1S/C12H14Cl2/c1-3-5-9(4-2)10-6-7-11(13)12(14)8-10/h3,6-9H,1,4-5H2,2H3. The van der Waals surface area contributed by atoms with E-state index in [4.69, 9.17) is 23.2 Å². The Kier molecular flexibility index (Phi) is 4.50. The average molecular weight is 229 g/mol. The molecule has 0 radical (unpaired) electrons. The molecule has 1 unspecified atom stereocenters. The molecule has 0 amide bonds. The van der Waals surface area contributed by atoms with Gasteiger partial charge in [-0.25, -0.2) is 0 Å². The van der Waals surface area contributed by atoms with Crippen LogP contribution in [0.1, 0.15) is 31.2 Å². The van der Waals surface area contributed by atoms with Gasteiger partial charge in [0.25, 0.3) is 0 Å². The third-order valence-electron chi connectivity index (χ3n) is 2.36. The molecule has 0 saturated heterocycles. The maximum Gasteiger partial charge on any atom is 0.0595 e. The summed E-state index contributed by atoms with van der Waals surface area (Å²) in [6.07, 6.45) is 4.01. The lowest BCUT2D eigenvalue weighted by molar-refractivity contribution is 0.675. The van der Waals surface area contributed by atoms with Gasteiger partial charge in [0, 0.05) is 0 Å². The number of benzene rings is 1. The molecular formula is C12H14Cl2. The fraction of sp³-hybridized carbons (Fsp3) is 0.333. The van der Waals surface area contributed by atoms with Gasteiger partial charge in [-0.3, -0.25) is 0 Å². The van der Waals surface area contributed by atoms with Gasteiger partial charge < -0.3 is 0 Å². The topological polar surface area (TPSA) is 0 Å². The van der Waals surface area contributed by atoms with E-state index in [1.165, 1.54) is 5.56 Å². The molecule has 0 aliphatic rings. The number of rotatable bonds is 4. The van der Waals surface area contributed by atoms with Crippen molar-refractivity contribution in [3.63, 3.8) is 0 Å². The highest BCUT2D eigenvalue weighted by atomic mass is 35.5. The lowest BCUT2D eigenvalue weighted by Crippen LogP contribution is -1.95. The van der Waals surface area contributed by atoms with Crippen LogP contribution >= 0.6 is 23.2 Å². The Bertz CT molecular complexity index is 318. The van der Waals surface area contributed by atoms with Crippen LogP contribution in [0.5, 0.6) is 0 Å². The van der Waals surface area contributed by atoms with Gasteiger partial charge in [0.05, 0.1) is 10.0 Å². The predicted octanol–water partition coefficient (Wildman–Crippen LogP) is 5.06. The van der Waals surface area contributed by atoms with E-state index in [0.717, 1.165) is 12.8 Å². The molecule has 1 aromatic rings. The van der Waals surface area contributed by atoms with Crippen molar-refractivity contribution in [1.82, 2.24) is 0 Å². The predicted molar refractivity (Wildman–Crippen MR) is 64.3 cm³/mol. The van der Waals surface area contributed by atoms with E-state index in [-0.39, 0.29) is 0 Å². The summed E-state index contributed by atoms with van der Waals surface area (Å²) < 4.78 is 0. The second kappa shape index (κ2) is 5.43. The van der Waals surface area contributed by atoms with Gasteiger partial charge in [0.1, 0.15) is 0 Å². The lowest BCUT2D eigenvalue weighted by Gasteiger charge is -2.13. The van der Waals surface area contributed by atoms with Crippen molar-refractivity contribution in [2.75, 3.05) is 0 Å². The largest absolute Gasteiger partial charge is 0.103 e. The van der Waals surface area contributed by atoms with Crippen LogP contribution in [-0.2, 0) is 0 Å². The van der Waals surface area contributed by atoms with Crippen molar-refractivity contribution < 1.29 is 0 Å². The summed E-state index contributed by atoms with van der Waals surface area (Å²) in [5.41, 5.74) is 1.24. The number of halogens is 2. The van der Waals surface area contributed by atoms with Crippen LogP contribution in [0.25, 0.3) is 0 Å². The van der Waals surface area contributed by atoms with Gasteiger partial charge in [-0.2, -0.15) is 0 Å². The number of allylic oxidation sites excluding steroid dienone is 1. The molecule has 1 rings (SSSR count). The van der Waals surface area contributed by atoms with Gasteiger partial charge in [-0.15, -0.1) is 6.58 Å². The third kappa shape index (κ3) is 2.76. The zero-order valence-corrected chi connectivity index (χ0v) is 9.78. The van der Waals surface area contributed by atoms with Crippen LogP contribution in [-0.4, -0.2) is 0 Å². The first kappa shape index (κ1) is 11.6. The van der Waals surface area contributed by atoms with Crippen molar-refractivity contribution in [2.45, 2.75) is 25.7 Å². The quantitative estimate of drug-likeness (QED) is 0.632. The van der Waals surface area contributed by atoms with E-state index in [1.807, 2.05) is 24.3 Å². The van der Waals surface area contributed by atoms with Crippen LogP contribution in [0.4, 0.5) is 0 Å². The maximum absolute atomic E-state index is 5.96. The van der Waals surface area contributed by atoms with Crippen LogP contribution in [0.15, 0.2) is 30.9 Å². The summed E-state index contributed by atoms with van der Waals surface area (Å²) >= 11 is 11.8. The van der Waals surface area contributed by atoms with E-state index in [0.29, 0.717) is 16.0 Å². The Balaban J connectivity index is 2.93. The molecule has 0 nitrogen and oxygen atoms in total. The molecule has 0 bridgehead atoms. The Labute approximate surface area is 95.5 Å². The molecule has 1 atom stereocenters. The summed E-state index contributed by atoms with van der Waals surface area (Å²) in [6.45, 7) is 5.92. The SMILES string of the molecule is C=CCC(CC)c1ccc(Cl)c(Cl)c1. The van der Waals surface area contributed by atoms with Gasteiger partial charge >= 0.3 is 0 Å². The number of hydrogen-bond donors (Lipinski definition) is 0. The molecule has 2 heteroatoms. The highest BCUT2D eigenvalue weighted by Gasteiger charge is 2.08. The van der Waals surface area contributed by atoms with E-state index >= 15 is 0 Å². The van der Waals surface area contributed by atoms with E-state index in [2.05, 4.69) is 13.5 Å². The zero-order chi connectivity index (χ0) is 10.6. The average Bonchev–Trinajstić information content (AvgIpc) is 2.19. The van der Waals surface area contributed by atoms with Gasteiger partial charge in [-0.1, -0.05) is 42.3 Å². The summed E-state index contributed by atoms with van der Waals surface area (Å²) in [5.74, 6) is 0.502. The van der Waals surface area contributed by atoms with Crippen molar-refractivity contribution >= 4 is 23.2 Å². The maximum atomic E-state index is 5.96. The van der Waals surface area contributed by atoms with Crippen LogP contribution in [0.3, 0.4) is 0 Å². The highest BCUT2D eigenvalue weighted by Crippen LogP contribution is 2.29. The van der Waals surface area contributed by atoms with E-state index in [1.54, 1.807) is 0 Å². The molecule has 0 fully saturated rings. The van der Waals surface area contributed by atoms with Crippen LogP contribution in [0.2, 0.25) is 10.0 Å². The highest BCUT2D eigenvalue weighted by molar-refractivity contribution is 6.42. The zero-order valence-electron chi connectivity index (χ0n) is 8.26. The monoisotopic (exact) mass is 228 g/mol. The minimum atomic E-state index is 0.502. The van der Waals surface area contributed by atoms with Crippen molar-refractivity contribution in [3.05, 3.63) is 46.5 Å². The minimum Gasteiger partial charge on any atom is -0.103 e. The van der Waals surface area contributed by atoms with E-state index in [9.17, 15) is 0 Å². The molecule has 0 aromatic heterocycles. The fourth-order valence-electron chi connectivity index (χ4n) is 1.51. The van der Waals surface area contributed by atoms with Crippen molar-refractivity contribution in [2.24, 2.45) is 0 Å². The Hall–Kier alpha value is -0.460.